The molecule has 0 spiro atoms. The quantitative estimate of drug-likeness (QED) is 0.347. The number of unbranched alkanes of at least 4 members (excludes halogenated alkanes) is 9. The Morgan fingerprint density at radius 2 is 1.29 bits per heavy atom. The van der Waals surface area contributed by atoms with Crippen molar-refractivity contribution < 1.29 is 24.3 Å². The molecule has 0 fully saturated rings. The summed E-state index contributed by atoms with van der Waals surface area (Å²) in [6, 6.07) is 0. The number of hydrogen-bond donors (Lipinski definition) is 3. The highest BCUT2D eigenvalue weighted by Crippen LogP contribution is 2.53. The van der Waals surface area contributed by atoms with E-state index >= 15 is 0 Å². The third-order valence-electron chi connectivity index (χ3n) is 4.12. The highest BCUT2D eigenvalue weighted by atomic mass is 31.2. The first-order valence-electron chi connectivity index (χ1n) is 8.04. The van der Waals surface area contributed by atoms with Crippen LogP contribution in [0.5, 0.6) is 0 Å². The van der Waals surface area contributed by atoms with Crippen LogP contribution in [0.25, 0.3) is 0 Å². The van der Waals surface area contributed by atoms with E-state index in [1.165, 1.54) is 38.5 Å². The lowest BCUT2D eigenvalue weighted by Gasteiger charge is -2.25. The van der Waals surface area contributed by atoms with E-state index in [1.807, 2.05) is 0 Å². The van der Waals surface area contributed by atoms with E-state index in [4.69, 9.17) is 5.11 Å². The van der Waals surface area contributed by atoms with E-state index in [0.29, 0.717) is 6.42 Å². The maximum atomic E-state index is 11.3. The maximum absolute atomic E-state index is 11.3. The Morgan fingerprint density at radius 1 is 0.905 bits per heavy atom. The smallest absolute Gasteiger partial charge is 0.342 e. The molecule has 0 heterocycles. The largest absolute Gasteiger partial charge is 0.480 e. The van der Waals surface area contributed by atoms with Crippen molar-refractivity contribution in [3.05, 3.63) is 0 Å². The molecular formula is C15H31O5P. The summed E-state index contributed by atoms with van der Waals surface area (Å²) in [5, 5.41) is 7.08. The van der Waals surface area contributed by atoms with Crippen molar-refractivity contribution in [2.45, 2.75) is 89.6 Å². The molecule has 0 aromatic carbocycles. The van der Waals surface area contributed by atoms with E-state index in [-0.39, 0.29) is 6.42 Å². The Morgan fingerprint density at radius 3 is 1.62 bits per heavy atom. The molecule has 0 aliphatic heterocycles. The van der Waals surface area contributed by atoms with Gasteiger partial charge in [-0.2, -0.15) is 0 Å². The fraction of sp³-hybridized carbons (Fsp3) is 0.933. The molecule has 0 rings (SSSR count). The molecule has 5 nitrogen and oxygen atoms in total. The number of hydrogen-bond acceptors (Lipinski definition) is 2. The van der Waals surface area contributed by atoms with Gasteiger partial charge in [-0.3, -0.25) is 9.36 Å². The van der Waals surface area contributed by atoms with Gasteiger partial charge in [0.1, 0.15) is 0 Å². The predicted molar refractivity (Wildman–Crippen MR) is 84.5 cm³/mol. The van der Waals surface area contributed by atoms with Crippen molar-refractivity contribution in [2.24, 2.45) is 0 Å². The lowest BCUT2D eigenvalue weighted by atomic mass is 10.0. The fourth-order valence-electron chi connectivity index (χ4n) is 2.33. The van der Waals surface area contributed by atoms with Crippen LogP contribution in [0, 0.1) is 0 Å². The van der Waals surface area contributed by atoms with Gasteiger partial charge in [0.2, 0.25) is 0 Å². The van der Waals surface area contributed by atoms with Crippen LogP contribution >= 0.6 is 7.60 Å². The van der Waals surface area contributed by atoms with Crippen molar-refractivity contribution in [1.82, 2.24) is 0 Å². The minimum atomic E-state index is -4.62. The lowest BCUT2D eigenvalue weighted by Crippen LogP contribution is -2.34. The minimum absolute atomic E-state index is 0.0309. The molecule has 126 valence electrons. The van der Waals surface area contributed by atoms with Crippen LogP contribution < -0.4 is 0 Å². The Hall–Kier alpha value is -0.380. The highest BCUT2D eigenvalue weighted by Gasteiger charge is 2.48. The third kappa shape index (κ3) is 7.98. The second-order valence-corrected chi connectivity index (χ2v) is 8.13. The number of rotatable bonds is 13. The topological polar surface area (TPSA) is 94.8 Å². The van der Waals surface area contributed by atoms with Gasteiger partial charge >= 0.3 is 13.6 Å². The molecule has 3 N–H and O–H groups in total. The summed E-state index contributed by atoms with van der Waals surface area (Å²) in [5.74, 6) is -1.41. The van der Waals surface area contributed by atoms with Crippen LogP contribution in [0.4, 0.5) is 0 Å². The van der Waals surface area contributed by atoms with Gasteiger partial charge < -0.3 is 14.9 Å². The summed E-state index contributed by atoms with van der Waals surface area (Å²) in [6.45, 7) is 3.34. The number of carbonyl (C=O) groups is 1. The van der Waals surface area contributed by atoms with E-state index in [1.54, 1.807) is 0 Å². The Labute approximate surface area is 128 Å². The lowest BCUT2D eigenvalue weighted by molar-refractivity contribution is -0.140. The summed E-state index contributed by atoms with van der Waals surface area (Å²) in [4.78, 5) is 29.4. The van der Waals surface area contributed by atoms with Gasteiger partial charge in [0.25, 0.3) is 0 Å². The van der Waals surface area contributed by atoms with Gasteiger partial charge in [-0.1, -0.05) is 71.1 Å². The average molecular weight is 322 g/mol. The summed E-state index contributed by atoms with van der Waals surface area (Å²) < 4.78 is 11.3. The molecule has 0 saturated heterocycles. The molecule has 0 aromatic heterocycles. The van der Waals surface area contributed by atoms with Gasteiger partial charge in [-0.25, -0.2) is 0 Å². The summed E-state index contributed by atoms with van der Waals surface area (Å²) >= 11 is 0. The summed E-state index contributed by atoms with van der Waals surface area (Å²) in [7, 11) is -4.62. The molecule has 0 amide bonds. The number of carboxylic acid groups (broad SMARTS) is 1. The molecule has 0 bridgehead atoms. The van der Waals surface area contributed by atoms with Gasteiger partial charge in [-0.05, 0) is 13.3 Å². The van der Waals surface area contributed by atoms with E-state index in [2.05, 4.69) is 6.92 Å². The Bertz CT molecular complexity index is 339. The maximum Gasteiger partial charge on any atom is 0.342 e. The van der Waals surface area contributed by atoms with Crippen molar-refractivity contribution >= 4 is 13.6 Å². The Kier molecular flexibility index (Phi) is 10.2. The molecule has 1 unspecified atom stereocenters. The van der Waals surface area contributed by atoms with Crippen LogP contribution in [-0.2, 0) is 9.36 Å². The number of carboxylic acids is 1. The van der Waals surface area contributed by atoms with Crippen molar-refractivity contribution in [3.63, 3.8) is 0 Å². The van der Waals surface area contributed by atoms with Crippen LogP contribution in [0.3, 0.4) is 0 Å². The van der Waals surface area contributed by atoms with Crippen LogP contribution in [0.15, 0.2) is 0 Å². The van der Waals surface area contributed by atoms with Gasteiger partial charge in [0.15, 0.2) is 5.16 Å². The molecule has 21 heavy (non-hydrogen) atoms. The summed E-state index contributed by atoms with van der Waals surface area (Å²) in [5.41, 5.74) is 0. The molecule has 6 heteroatoms. The van der Waals surface area contributed by atoms with Gasteiger partial charge in [-0.15, -0.1) is 0 Å². The van der Waals surface area contributed by atoms with Crippen LogP contribution in [0.2, 0.25) is 0 Å². The van der Waals surface area contributed by atoms with E-state index in [0.717, 1.165) is 26.2 Å². The Balaban J connectivity index is 3.75. The first-order chi connectivity index (χ1) is 9.75. The zero-order valence-electron chi connectivity index (χ0n) is 13.4. The van der Waals surface area contributed by atoms with Crippen LogP contribution in [-0.4, -0.2) is 26.0 Å². The predicted octanol–water partition coefficient (Wildman–Crippen LogP) is 4.32. The van der Waals surface area contributed by atoms with Crippen molar-refractivity contribution in [2.75, 3.05) is 0 Å². The molecule has 0 radical (unpaired) electrons. The molecule has 0 saturated carbocycles. The van der Waals surface area contributed by atoms with Gasteiger partial charge in [0, 0.05) is 0 Å². The third-order valence-corrected chi connectivity index (χ3v) is 5.82. The van der Waals surface area contributed by atoms with Crippen molar-refractivity contribution in [1.29, 1.82) is 0 Å². The molecule has 1 atom stereocenters. The van der Waals surface area contributed by atoms with Crippen LogP contribution in [0.1, 0.15) is 84.5 Å². The monoisotopic (exact) mass is 322 g/mol. The SMILES string of the molecule is CCCCCCCCCCCCC(C)(C(=O)O)P(=O)(O)O. The second-order valence-electron chi connectivity index (χ2n) is 6.06. The van der Waals surface area contributed by atoms with Crippen molar-refractivity contribution in [3.8, 4) is 0 Å². The first-order valence-corrected chi connectivity index (χ1v) is 9.66. The molecule has 0 aliphatic carbocycles. The van der Waals surface area contributed by atoms with Gasteiger partial charge in [0.05, 0.1) is 0 Å². The second kappa shape index (κ2) is 10.4. The highest BCUT2D eigenvalue weighted by molar-refractivity contribution is 7.54. The minimum Gasteiger partial charge on any atom is -0.480 e. The average Bonchev–Trinajstić information content (AvgIpc) is 2.39. The standard InChI is InChI=1S/C15H31O5P/c1-3-4-5-6-7-8-9-10-11-12-13-15(2,14(16)17)21(18,19)20/h3-13H2,1-2H3,(H,16,17)(H2,18,19,20). The zero-order valence-corrected chi connectivity index (χ0v) is 14.3. The normalized spacial score (nSPS) is 14.9. The first kappa shape index (κ1) is 20.6. The molecule has 0 aromatic rings. The molecule has 0 aliphatic rings. The summed E-state index contributed by atoms with van der Waals surface area (Å²) in [6.07, 6.45) is 11.1. The number of aliphatic carboxylic acids is 1. The zero-order chi connectivity index (χ0) is 16.4. The van der Waals surface area contributed by atoms with E-state index < -0.39 is 18.7 Å². The molecular weight excluding hydrogens is 291 g/mol. The van der Waals surface area contributed by atoms with E-state index in [9.17, 15) is 19.1 Å². The fourth-order valence-corrected chi connectivity index (χ4v) is 3.03.